The molecule has 198 valence electrons. The molecule has 12 heteroatoms. The Bertz CT molecular complexity index is 551. The molecule has 1 rings (SSSR count). The lowest BCUT2D eigenvalue weighted by Crippen LogP contribution is -2.79. The first-order chi connectivity index (χ1) is 15.6. The van der Waals surface area contributed by atoms with Crippen molar-refractivity contribution in [3.8, 4) is 0 Å². The van der Waals surface area contributed by atoms with Gasteiger partial charge >= 0.3 is 0 Å². The highest BCUT2D eigenvalue weighted by atomic mass is 28.2. The zero-order chi connectivity index (χ0) is 25.5. The van der Waals surface area contributed by atoms with Crippen LogP contribution >= 0.6 is 0 Å². The standard InChI is InChI=1S/C21H48O9Si3/c1-22-15(23-2)19(31,28-7)14-12-10-11-13-18(14,20(32,29-8)16(24-3)25-4)21(33,30-9)17(26-5)27-6/h14-17H,10-13H2,1-9,31-33H3. The molecule has 1 fully saturated rings. The van der Waals surface area contributed by atoms with Gasteiger partial charge in [-0.2, -0.15) is 0 Å². The second kappa shape index (κ2) is 13.0. The normalized spacial score (nSPS) is 27.8. The van der Waals surface area contributed by atoms with Crippen LogP contribution < -0.4 is 0 Å². The first-order valence-electron chi connectivity index (χ1n) is 11.4. The van der Waals surface area contributed by atoms with Gasteiger partial charge in [-0.1, -0.05) is 12.8 Å². The summed E-state index contributed by atoms with van der Waals surface area (Å²) in [7, 11) is 16.9. The molecular formula is C21H48O9Si3. The molecule has 9 nitrogen and oxygen atoms in total. The molecular weight excluding hydrogens is 480 g/mol. The molecule has 0 radical (unpaired) electrons. The van der Waals surface area contributed by atoms with Gasteiger partial charge in [0.1, 0.15) is 15.7 Å². The van der Waals surface area contributed by atoms with E-state index in [0.29, 0.717) is 30.7 Å². The Balaban J connectivity index is 4.14. The fourth-order valence-corrected chi connectivity index (χ4v) is 11.6. The van der Waals surface area contributed by atoms with Crippen LogP contribution in [0.1, 0.15) is 25.7 Å². The van der Waals surface area contributed by atoms with E-state index in [1.807, 2.05) is 0 Å². The van der Waals surface area contributed by atoms with Gasteiger partial charge < -0.3 is 42.6 Å². The highest BCUT2D eigenvalue weighted by molar-refractivity contribution is 6.20. The van der Waals surface area contributed by atoms with Crippen molar-refractivity contribution < 1.29 is 42.6 Å². The van der Waals surface area contributed by atoms with Crippen LogP contribution in [0.25, 0.3) is 0 Å². The molecule has 0 amide bonds. The number of hydrogen-bond acceptors (Lipinski definition) is 9. The maximum atomic E-state index is 6.45. The van der Waals surface area contributed by atoms with E-state index in [-0.39, 0.29) is 5.92 Å². The quantitative estimate of drug-likeness (QED) is 0.180. The summed E-state index contributed by atoms with van der Waals surface area (Å²) in [6.45, 7) is 0. The summed E-state index contributed by atoms with van der Waals surface area (Å²) in [6, 6.07) is 0. The average molecular weight is 529 g/mol. The Morgan fingerprint density at radius 2 is 1.00 bits per heavy atom. The van der Waals surface area contributed by atoms with Crippen LogP contribution in [0.3, 0.4) is 0 Å². The molecule has 0 bridgehead atoms. The van der Waals surface area contributed by atoms with Gasteiger partial charge in [0.05, 0.1) is 30.7 Å². The molecule has 1 aliphatic carbocycles. The van der Waals surface area contributed by atoms with Crippen LogP contribution in [0.5, 0.6) is 0 Å². The van der Waals surface area contributed by atoms with Crippen LogP contribution in [-0.2, 0) is 42.6 Å². The van der Waals surface area contributed by atoms with Crippen LogP contribution in [0.4, 0.5) is 0 Å². The minimum absolute atomic E-state index is 0.0733. The van der Waals surface area contributed by atoms with E-state index >= 15 is 0 Å². The van der Waals surface area contributed by atoms with Gasteiger partial charge in [-0.3, -0.25) is 0 Å². The van der Waals surface area contributed by atoms with Crippen LogP contribution in [0.15, 0.2) is 0 Å². The predicted octanol–water partition coefficient (Wildman–Crippen LogP) is -1.86. The number of methoxy groups -OCH3 is 9. The summed E-state index contributed by atoms with van der Waals surface area (Å²) in [5, 5.41) is -2.35. The van der Waals surface area contributed by atoms with Gasteiger partial charge in [-0.25, -0.2) is 0 Å². The van der Waals surface area contributed by atoms with Gasteiger partial charge in [-0.15, -0.1) is 0 Å². The number of rotatable bonds is 15. The Morgan fingerprint density at radius 1 is 0.606 bits per heavy atom. The molecule has 0 saturated heterocycles. The Morgan fingerprint density at radius 3 is 1.30 bits per heavy atom. The van der Waals surface area contributed by atoms with Crippen molar-refractivity contribution in [3.05, 3.63) is 0 Å². The van der Waals surface area contributed by atoms with E-state index in [9.17, 15) is 0 Å². The molecule has 0 heterocycles. The minimum Gasteiger partial charge on any atom is -0.377 e. The number of hydrogen-bond donors (Lipinski definition) is 0. The Hall–Kier alpha value is 0.291. The first-order valence-corrected chi connectivity index (χ1v) is 14.4. The third-order valence-electron chi connectivity index (χ3n) is 8.31. The second-order valence-electron chi connectivity index (χ2n) is 9.19. The molecule has 0 aromatic rings. The van der Waals surface area contributed by atoms with E-state index < -0.39 is 40.0 Å². The summed E-state index contributed by atoms with van der Waals surface area (Å²) in [6.07, 6.45) is 1.89. The zero-order valence-corrected chi connectivity index (χ0v) is 28.8. The van der Waals surface area contributed by atoms with Crippen molar-refractivity contribution in [2.75, 3.05) is 64.0 Å². The molecule has 33 heavy (non-hydrogen) atoms. The van der Waals surface area contributed by atoms with Crippen molar-refractivity contribution in [2.24, 2.45) is 11.3 Å². The second-order valence-corrected chi connectivity index (χ2v) is 13.7. The van der Waals surface area contributed by atoms with Crippen LogP contribution in [-0.4, -0.2) is 129 Å². The average Bonchev–Trinajstić information content (AvgIpc) is 2.85. The molecule has 0 N–H and O–H groups in total. The van der Waals surface area contributed by atoms with Crippen molar-refractivity contribution in [3.63, 3.8) is 0 Å². The molecule has 0 spiro atoms. The van der Waals surface area contributed by atoms with Gasteiger partial charge in [0.15, 0.2) is 18.9 Å². The molecule has 4 atom stereocenters. The maximum absolute atomic E-state index is 6.45. The third-order valence-corrected chi connectivity index (χ3v) is 13.4. The van der Waals surface area contributed by atoms with E-state index in [2.05, 4.69) is 0 Å². The van der Waals surface area contributed by atoms with Crippen molar-refractivity contribution in [1.82, 2.24) is 0 Å². The maximum Gasteiger partial charge on any atom is 0.182 e. The zero-order valence-electron chi connectivity index (χ0n) is 22.8. The summed E-state index contributed by atoms with van der Waals surface area (Å²) < 4.78 is 54.5. The molecule has 1 saturated carbocycles. The molecule has 0 aromatic carbocycles. The summed E-state index contributed by atoms with van der Waals surface area (Å²) in [5.41, 5.74) is -0.652. The molecule has 4 unspecified atom stereocenters. The van der Waals surface area contributed by atoms with Crippen molar-refractivity contribution in [1.29, 1.82) is 0 Å². The minimum atomic E-state index is -0.825. The monoisotopic (exact) mass is 528 g/mol. The Kier molecular flexibility index (Phi) is 12.4. The van der Waals surface area contributed by atoms with E-state index in [0.717, 1.165) is 25.7 Å². The van der Waals surface area contributed by atoms with Gasteiger partial charge in [0.25, 0.3) is 0 Å². The van der Waals surface area contributed by atoms with E-state index in [1.165, 1.54) is 0 Å². The van der Waals surface area contributed by atoms with E-state index in [4.69, 9.17) is 42.6 Å². The molecule has 0 aliphatic heterocycles. The van der Waals surface area contributed by atoms with Crippen molar-refractivity contribution >= 4 is 30.7 Å². The topological polar surface area (TPSA) is 83.1 Å². The first kappa shape index (κ1) is 31.3. The summed E-state index contributed by atoms with van der Waals surface area (Å²) >= 11 is 0. The van der Waals surface area contributed by atoms with Crippen molar-refractivity contribution in [2.45, 2.75) is 60.2 Å². The molecule has 1 aliphatic rings. The fraction of sp³-hybridized carbons (Fsp3) is 1.00. The molecule has 0 aromatic heterocycles. The largest absolute Gasteiger partial charge is 0.377 e. The van der Waals surface area contributed by atoms with Gasteiger partial charge in [-0.05, 0) is 18.8 Å². The van der Waals surface area contributed by atoms with E-state index in [1.54, 1.807) is 64.0 Å². The third kappa shape index (κ3) is 4.96. The van der Waals surface area contributed by atoms with Gasteiger partial charge in [0.2, 0.25) is 0 Å². The van der Waals surface area contributed by atoms with Gasteiger partial charge in [0, 0.05) is 69.4 Å². The highest BCUT2D eigenvalue weighted by Crippen LogP contribution is 2.62. The summed E-state index contributed by atoms with van der Waals surface area (Å²) in [5.74, 6) is -0.0733. The lowest BCUT2D eigenvalue weighted by molar-refractivity contribution is -0.337. The lowest BCUT2D eigenvalue weighted by Gasteiger charge is -2.67. The highest BCUT2D eigenvalue weighted by Gasteiger charge is 2.72. The number of ether oxygens (including phenoxy) is 9. The SMILES string of the molecule is COC(OC)C([SiH3])(OC)C1CCCCC1(C([SiH3])(OC)C(OC)OC)C([SiH3])(OC)C(OC)OC. The lowest BCUT2D eigenvalue weighted by atomic mass is 9.56. The van der Waals surface area contributed by atoms with Crippen LogP contribution in [0.2, 0.25) is 0 Å². The smallest absolute Gasteiger partial charge is 0.182 e. The fourth-order valence-electron chi connectivity index (χ4n) is 6.67. The predicted molar refractivity (Wildman–Crippen MR) is 137 cm³/mol. The Labute approximate surface area is 209 Å². The summed E-state index contributed by atoms with van der Waals surface area (Å²) in [4.78, 5) is 0. The van der Waals surface area contributed by atoms with Crippen LogP contribution in [0, 0.1) is 11.3 Å².